The number of hydrogen-bond donors (Lipinski definition) is 0. The molecule has 0 saturated carbocycles. The van der Waals surface area contributed by atoms with Crippen LogP contribution < -0.4 is 4.74 Å². The van der Waals surface area contributed by atoms with Gasteiger partial charge < -0.3 is 9.47 Å². The average molecular weight is 519 g/mol. The zero-order valence-electron chi connectivity index (χ0n) is 20.7. The normalized spacial score (nSPS) is 27.9. The number of nitrogens with zero attached hydrogens (tertiary/aromatic N) is 2. The third kappa shape index (κ3) is 4.08. The van der Waals surface area contributed by atoms with E-state index in [0.29, 0.717) is 22.8 Å². The molecule has 0 N–H and O–H groups in total. The Hall–Kier alpha value is -2.33. The molecule has 0 radical (unpaired) electrons. The number of esters is 1. The van der Waals surface area contributed by atoms with Crippen molar-refractivity contribution in [2.45, 2.75) is 70.2 Å². The van der Waals surface area contributed by atoms with Crippen molar-refractivity contribution in [3.8, 4) is 11.8 Å². The van der Waals surface area contributed by atoms with E-state index in [2.05, 4.69) is 26.8 Å². The van der Waals surface area contributed by atoms with Gasteiger partial charge in [-0.15, -0.1) is 0 Å². The maximum Gasteiger partial charge on any atom is 0.325 e. The molecule has 0 spiro atoms. The molecule has 0 amide bonds. The van der Waals surface area contributed by atoms with Gasteiger partial charge in [0.2, 0.25) is 0 Å². The largest absolute Gasteiger partial charge is 0.496 e. The van der Waals surface area contributed by atoms with Crippen LogP contribution in [0.1, 0.15) is 58.1 Å². The number of methoxy groups -OCH3 is 1. The van der Waals surface area contributed by atoms with Crippen molar-refractivity contribution >= 4 is 29.2 Å². The Bertz CT molecular complexity index is 1220. The Labute approximate surface area is 215 Å². The Morgan fingerprint density at radius 2 is 1.80 bits per heavy atom. The van der Waals surface area contributed by atoms with Gasteiger partial charge in [-0.25, -0.2) is 9.29 Å². The van der Waals surface area contributed by atoms with Crippen molar-refractivity contribution in [2.24, 2.45) is 5.41 Å². The Morgan fingerprint density at radius 1 is 1.17 bits per heavy atom. The van der Waals surface area contributed by atoms with Gasteiger partial charge in [0.25, 0.3) is 0 Å². The fourth-order valence-corrected chi connectivity index (χ4v) is 6.27. The quantitative estimate of drug-likeness (QED) is 0.434. The highest BCUT2D eigenvalue weighted by atomic mass is 35.5. The monoisotopic (exact) mass is 518 g/mol. The molecule has 2 aromatic rings. The maximum absolute atomic E-state index is 15.7. The molecule has 0 aliphatic carbocycles. The molecule has 0 unspecified atom stereocenters. The average Bonchev–Trinajstić information content (AvgIpc) is 3.16. The molecule has 5 nitrogen and oxygen atoms in total. The molecule has 2 aliphatic rings. The van der Waals surface area contributed by atoms with Crippen LogP contribution >= 0.6 is 23.2 Å². The lowest BCUT2D eigenvalue weighted by atomic mass is 9.62. The first-order valence-electron chi connectivity index (χ1n) is 11.5. The number of fused-ring (bicyclic) bond motifs is 1. The van der Waals surface area contributed by atoms with Gasteiger partial charge in [0.05, 0.1) is 13.2 Å². The molecule has 2 fully saturated rings. The van der Waals surface area contributed by atoms with Crippen LogP contribution in [0.2, 0.25) is 10.0 Å². The van der Waals surface area contributed by atoms with E-state index in [4.69, 9.17) is 32.7 Å². The zero-order valence-corrected chi connectivity index (χ0v) is 22.2. The van der Waals surface area contributed by atoms with Crippen LogP contribution in [0.5, 0.6) is 5.75 Å². The van der Waals surface area contributed by atoms with Crippen molar-refractivity contribution in [3.63, 3.8) is 0 Å². The molecule has 186 valence electrons. The van der Waals surface area contributed by atoms with E-state index >= 15 is 4.39 Å². The van der Waals surface area contributed by atoms with Crippen molar-refractivity contribution in [3.05, 3.63) is 63.4 Å². The summed E-state index contributed by atoms with van der Waals surface area (Å²) in [4.78, 5) is 15.4. The third-order valence-electron chi connectivity index (χ3n) is 7.08. The summed E-state index contributed by atoms with van der Waals surface area (Å²) >= 11 is 12.5. The minimum Gasteiger partial charge on any atom is -0.496 e. The van der Waals surface area contributed by atoms with Gasteiger partial charge in [0.15, 0.2) is 5.72 Å². The summed E-state index contributed by atoms with van der Waals surface area (Å²) in [6.07, 6.45) is 0.499. The number of halogens is 3. The first kappa shape index (κ1) is 25.8. The summed E-state index contributed by atoms with van der Waals surface area (Å²) in [6, 6.07) is 10.5. The number of carbonyl (C=O) groups is 1. The van der Waals surface area contributed by atoms with Gasteiger partial charge in [-0.2, -0.15) is 5.26 Å². The number of carbonyl (C=O) groups excluding carboxylic acids is 1. The molecule has 4 atom stereocenters. The van der Waals surface area contributed by atoms with Crippen molar-refractivity contribution in [1.82, 2.24) is 4.90 Å². The van der Waals surface area contributed by atoms with Gasteiger partial charge in [0, 0.05) is 33.1 Å². The first-order valence-corrected chi connectivity index (χ1v) is 12.2. The molecule has 0 aromatic heterocycles. The third-order valence-corrected chi connectivity index (χ3v) is 7.55. The van der Waals surface area contributed by atoms with E-state index < -0.39 is 40.9 Å². The molecule has 2 aliphatic heterocycles. The van der Waals surface area contributed by atoms with Gasteiger partial charge in [-0.1, -0.05) is 50.0 Å². The Balaban J connectivity index is 2.13. The second-order valence-electron chi connectivity index (χ2n) is 11.0. The number of ether oxygens (including phenoxy) is 2. The Morgan fingerprint density at radius 3 is 2.37 bits per heavy atom. The molecular weight excluding hydrogens is 490 g/mol. The maximum atomic E-state index is 15.7. The predicted octanol–water partition coefficient (Wildman–Crippen LogP) is 6.47. The molecule has 0 bridgehead atoms. The summed E-state index contributed by atoms with van der Waals surface area (Å²) in [5, 5.41) is 11.6. The SMILES string of the molecule is COc1ccc(Cl)cc1[C@H]1[C@@H]2C(=O)OC(C)(C)N2[C@@H](CC(C)(C)C)[C@]1(C#N)c1ccc(Cl)cc1F. The predicted molar refractivity (Wildman–Crippen MR) is 133 cm³/mol. The standard InChI is InChI=1S/C27H29Cl2FN2O3/c1-25(2,3)13-21-27(14-31,18-9-7-16(29)12-19(18)30)22(17-11-15(28)8-10-20(17)34-6)23-24(33)35-26(4,5)32(21)23/h7-12,21-23H,13H2,1-6H3/t21-,22-,23+,27-/m0/s1. The van der Waals surface area contributed by atoms with Gasteiger partial charge in [-0.05, 0) is 56.0 Å². The Kier molecular flexibility index (Phi) is 6.37. The first-order chi connectivity index (χ1) is 16.3. The van der Waals surface area contributed by atoms with Crippen LogP contribution in [0.25, 0.3) is 0 Å². The minimum atomic E-state index is -1.47. The number of cyclic esters (lactones) is 1. The topological polar surface area (TPSA) is 62.6 Å². The van der Waals surface area contributed by atoms with Crippen LogP contribution in [0.4, 0.5) is 4.39 Å². The highest BCUT2D eigenvalue weighted by Gasteiger charge is 2.71. The molecule has 2 heterocycles. The number of nitriles is 1. The van der Waals surface area contributed by atoms with E-state index in [0.717, 1.165) is 0 Å². The van der Waals surface area contributed by atoms with E-state index in [1.54, 1.807) is 44.2 Å². The van der Waals surface area contributed by atoms with Crippen molar-refractivity contribution in [2.75, 3.05) is 7.11 Å². The van der Waals surface area contributed by atoms with Crippen LogP contribution in [0.15, 0.2) is 36.4 Å². The summed E-state index contributed by atoms with van der Waals surface area (Å²) in [6.45, 7) is 9.78. The summed E-state index contributed by atoms with van der Waals surface area (Å²) < 4.78 is 27.2. The van der Waals surface area contributed by atoms with Crippen molar-refractivity contribution < 1.29 is 18.7 Å². The fraction of sp³-hybridized carbons (Fsp3) is 0.481. The second kappa shape index (κ2) is 8.65. The van der Waals surface area contributed by atoms with Crippen molar-refractivity contribution in [1.29, 1.82) is 5.26 Å². The molecule has 8 heteroatoms. The van der Waals surface area contributed by atoms with E-state index in [-0.39, 0.29) is 16.0 Å². The van der Waals surface area contributed by atoms with Gasteiger partial charge in [-0.3, -0.25) is 4.79 Å². The van der Waals surface area contributed by atoms with Crippen LogP contribution in [0, 0.1) is 22.6 Å². The van der Waals surface area contributed by atoms with Crippen LogP contribution in [-0.2, 0) is 14.9 Å². The highest BCUT2D eigenvalue weighted by Crippen LogP contribution is 2.61. The molecule has 4 rings (SSSR count). The van der Waals surface area contributed by atoms with E-state index in [1.807, 2.05) is 4.90 Å². The number of rotatable bonds is 4. The molecule has 2 aromatic carbocycles. The highest BCUT2D eigenvalue weighted by molar-refractivity contribution is 6.31. The smallest absolute Gasteiger partial charge is 0.325 e. The minimum absolute atomic E-state index is 0.184. The van der Waals surface area contributed by atoms with E-state index in [1.165, 1.54) is 13.2 Å². The summed E-state index contributed by atoms with van der Waals surface area (Å²) in [7, 11) is 1.51. The lowest BCUT2D eigenvalue weighted by molar-refractivity contribution is -0.152. The van der Waals surface area contributed by atoms with Crippen LogP contribution in [0.3, 0.4) is 0 Å². The number of benzene rings is 2. The number of hydrogen-bond acceptors (Lipinski definition) is 5. The molecule has 35 heavy (non-hydrogen) atoms. The van der Waals surface area contributed by atoms with E-state index in [9.17, 15) is 10.1 Å². The fourth-order valence-electron chi connectivity index (χ4n) is 5.93. The summed E-state index contributed by atoms with van der Waals surface area (Å²) in [5.74, 6) is -1.43. The lowest BCUT2D eigenvalue weighted by Crippen LogP contribution is -2.52. The lowest BCUT2D eigenvalue weighted by Gasteiger charge is -2.42. The molecule has 2 saturated heterocycles. The van der Waals surface area contributed by atoms with Crippen LogP contribution in [-0.4, -0.2) is 35.8 Å². The molecular formula is C27H29Cl2FN2O3. The zero-order chi connectivity index (χ0) is 25.9. The van der Waals surface area contributed by atoms with Gasteiger partial charge >= 0.3 is 5.97 Å². The summed E-state index contributed by atoms with van der Waals surface area (Å²) in [5.41, 5.74) is -2.00. The second-order valence-corrected chi connectivity index (χ2v) is 11.8. The van der Waals surface area contributed by atoms with Gasteiger partial charge in [0.1, 0.15) is 23.0 Å².